The van der Waals surface area contributed by atoms with Crippen LogP contribution in [0.1, 0.15) is 38.3 Å². The quantitative estimate of drug-likeness (QED) is 0.421. The fraction of sp³-hybridized carbons (Fsp3) is 0.200. The lowest BCUT2D eigenvalue weighted by Crippen LogP contribution is -2.26. The Morgan fingerprint density at radius 2 is 1.58 bits per heavy atom. The normalized spacial score (nSPS) is 11.0. The Bertz CT molecular complexity index is 1210. The lowest BCUT2D eigenvalue weighted by Gasteiger charge is -2.11. The maximum Gasteiger partial charge on any atom is 0.252 e. The molecule has 3 aromatic carbocycles. The Labute approximate surface area is 193 Å². The molecule has 0 aromatic heterocycles. The van der Waals surface area contributed by atoms with Crippen molar-refractivity contribution in [3.05, 3.63) is 101 Å². The van der Waals surface area contributed by atoms with Crippen LogP contribution in [0.15, 0.2) is 78.9 Å². The second kappa shape index (κ2) is 11.3. The van der Waals surface area contributed by atoms with Crippen LogP contribution in [-0.2, 0) is 22.2 Å². The van der Waals surface area contributed by atoms with Crippen molar-refractivity contribution in [3.8, 4) is 5.75 Å². The van der Waals surface area contributed by atoms with Gasteiger partial charge in [0, 0.05) is 12.1 Å². The third-order valence-electron chi connectivity index (χ3n) is 4.88. The first kappa shape index (κ1) is 24.0. The topological polar surface area (TPSA) is 116 Å². The Balaban J connectivity index is 1.49. The van der Waals surface area contributed by atoms with Gasteiger partial charge in [-0.05, 0) is 41.8 Å². The van der Waals surface area contributed by atoms with Crippen LogP contribution in [0.3, 0.4) is 0 Å². The molecule has 0 aliphatic heterocycles. The van der Waals surface area contributed by atoms with Gasteiger partial charge in [-0.25, -0.2) is 8.42 Å². The summed E-state index contributed by atoms with van der Waals surface area (Å²) in [4.78, 5) is 24.0. The van der Waals surface area contributed by atoms with Gasteiger partial charge in [-0.3, -0.25) is 9.59 Å². The number of hydrogen-bond acceptors (Lipinski definition) is 5. The number of rotatable bonds is 11. The number of para-hydroxylation sites is 1. The Kier molecular flexibility index (Phi) is 8.21. The summed E-state index contributed by atoms with van der Waals surface area (Å²) < 4.78 is 30.2. The molecule has 0 fully saturated rings. The van der Waals surface area contributed by atoms with Crippen LogP contribution in [0.2, 0.25) is 0 Å². The molecule has 3 N–H and O–H groups in total. The van der Waals surface area contributed by atoms with E-state index in [9.17, 15) is 18.0 Å². The molecule has 0 aliphatic carbocycles. The van der Waals surface area contributed by atoms with Gasteiger partial charge in [0.25, 0.3) is 11.8 Å². The lowest BCUT2D eigenvalue weighted by atomic mass is 10.1. The van der Waals surface area contributed by atoms with Gasteiger partial charge >= 0.3 is 0 Å². The van der Waals surface area contributed by atoms with E-state index in [2.05, 4.69) is 5.32 Å². The molecule has 0 heterocycles. The van der Waals surface area contributed by atoms with Crippen molar-refractivity contribution < 1.29 is 22.7 Å². The number of nitrogens with two attached hydrogens (primary N) is 1. The SMILES string of the molecule is NC(=O)c1ccccc1OCc1cccc(C(=O)NCCCS(=O)(=O)Cc2ccccc2)c1. The summed E-state index contributed by atoms with van der Waals surface area (Å²) >= 11 is 0. The summed E-state index contributed by atoms with van der Waals surface area (Å²) in [6, 6.07) is 22.6. The molecule has 0 aliphatic rings. The van der Waals surface area contributed by atoms with Gasteiger partial charge in [0.05, 0.1) is 17.1 Å². The lowest BCUT2D eigenvalue weighted by molar-refractivity contribution is 0.0952. The molecule has 0 spiro atoms. The number of nitrogens with one attached hydrogen (secondary N) is 1. The molecule has 0 atom stereocenters. The maximum absolute atomic E-state index is 12.5. The molecule has 0 bridgehead atoms. The number of carbonyl (C=O) groups is 2. The number of sulfone groups is 1. The molecule has 3 aromatic rings. The summed E-state index contributed by atoms with van der Waals surface area (Å²) in [5.41, 5.74) is 7.58. The molecule has 172 valence electrons. The molecular weight excluding hydrogens is 440 g/mol. The van der Waals surface area contributed by atoms with Gasteiger partial charge in [0.2, 0.25) is 0 Å². The molecule has 3 rings (SSSR count). The summed E-state index contributed by atoms with van der Waals surface area (Å²) in [5.74, 6) is -0.520. The van der Waals surface area contributed by atoms with E-state index in [4.69, 9.17) is 10.5 Å². The number of amides is 2. The predicted octanol–water partition coefficient (Wildman–Crippen LogP) is 3.10. The number of carbonyl (C=O) groups excluding carboxylic acids is 2. The van der Waals surface area contributed by atoms with Gasteiger partial charge in [0.15, 0.2) is 9.84 Å². The van der Waals surface area contributed by atoms with Crippen molar-refractivity contribution in [1.29, 1.82) is 0 Å². The fourth-order valence-corrected chi connectivity index (χ4v) is 4.68. The zero-order valence-corrected chi connectivity index (χ0v) is 18.9. The van der Waals surface area contributed by atoms with E-state index >= 15 is 0 Å². The molecule has 0 saturated heterocycles. The standard InChI is InChI=1S/C25H26N2O5S/c26-24(28)22-12-4-5-13-23(22)32-17-20-10-6-11-21(16-20)25(29)27-14-7-15-33(30,31)18-19-8-2-1-3-9-19/h1-6,8-13,16H,7,14-15,17-18H2,(H2,26,28)(H,27,29). The molecule has 0 saturated carbocycles. The number of primary amides is 1. The monoisotopic (exact) mass is 466 g/mol. The van der Waals surface area contributed by atoms with Crippen LogP contribution >= 0.6 is 0 Å². The molecule has 33 heavy (non-hydrogen) atoms. The largest absolute Gasteiger partial charge is 0.488 e. The minimum absolute atomic E-state index is 0.00464. The smallest absolute Gasteiger partial charge is 0.252 e. The third kappa shape index (κ3) is 7.47. The molecule has 8 heteroatoms. The Hall–Kier alpha value is -3.65. The average Bonchev–Trinajstić information content (AvgIpc) is 2.81. The highest BCUT2D eigenvalue weighted by molar-refractivity contribution is 7.90. The van der Waals surface area contributed by atoms with Crippen molar-refractivity contribution in [2.24, 2.45) is 5.73 Å². The first-order valence-electron chi connectivity index (χ1n) is 10.5. The summed E-state index contributed by atoms with van der Waals surface area (Å²) in [5, 5.41) is 2.76. The zero-order valence-electron chi connectivity index (χ0n) is 18.1. The highest BCUT2D eigenvalue weighted by Gasteiger charge is 2.13. The van der Waals surface area contributed by atoms with E-state index < -0.39 is 15.7 Å². The number of benzene rings is 3. The average molecular weight is 467 g/mol. The van der Waals surface area contributed by atoms with E-state index in [0.717, 1.165) is 11.1 Å². The van der Waals surface area contributed by atoms with Crippen LogP contribution in [0.25, 0.3) is 0 Å². The van der Waals surface area contributed by atoms with E-state index in [0.29, 0.717) is 17.7 Å². The summed E-state index contributed by atoms with van der Waals surface area (Å²) in [6.07, 6.45) is 0.327. The second-order valence-electron chi connectivity index (χ2n) is 7.54. The minimum atomic E-state index is -3.25. The first-order chi connectivity index (χ1) is 15.8. The molecular formula is C25H26N2O5S. The zero-order chi connectivity index (χ0) is 23.7. The summed E-state index contributed by atoms with van der Waals surface area (Å²) in [6.45, 7) is 0.405. The Morgan fingerprint density at radius 1 is 0.879 bits per heavy atom. The van der Waals surface area contributed by atoms with E-state index in [-0.39, 0.29) is 36.1 Å². The fourth-order valence-electron chi connectivity index (χ4n) is 3.26. The Morgan fingerprint density at radius 3 is 2.33 bits per heavy atom. The van der Waals surface area contributed by atoms with Crippen molar-refractivity contribution in [2.45, 2.75) is 18.8 Å². The predicted molar refractivity (Wildman–Crippen MR) is 127 cm³/mol. The van der Waals surface area contributed by atoms with Crippen LogP contribution in [0.4, 0.5) is 0 Å². The van der Waals surface area contributed by atoms with Crippen molar-refractivity contribution in [3.63, 3.8) is 0 Å². The van der Waals surface area contributed by atoms with E-state index in [1.807, 2.05) is 6.07 Å². The maximum atomic E-state index is 12.5. The molecule has 0 radical (unpaired) electrons. The number of ether oxygens (including phenoxy) is 1. The van der Waals surface area contributed by atoms with E-state index in [1.165, 1.54) is 0 Å². The summed E-state index contributed by atoms with van der Waals surface area (Å²) in [7, 11) is -3.25. The molecule has 0 unspecified atom stereocenters. The van der Waals surface area contributed by atoms with Crippen LogP contribution in [0.5, 0.6) is 5.75 Å². The van der Waals surface area contributed by atoms with Gasteiger partial charge < -0.3 is 15.8 Å². The van der Waals surface area contributed by atoms with Gasteiger partial charge in [-0.1, -0.05) is 54.6 Å². The highest BCUT2D eigenvalue weighted by atomic mass is 32.2. The van der Waals surface area contributed by atoms with Crippen molar-refractivity contribution >= 4 is 21.7 Å². The molecule has 2 amide bonds. The second-order valence-corrected chi connectivity index (χ2v) is 9.72. The van der Waals surface area contributed by atoms with E-state index in [1.54, 1.807) is 72.8 Å². The minimum Gasteiger partial charge on any atom is -0.488 e. The van der Waals surface area contributed by atoms with Gasteiger partial charge in [-0.2, -0.15) is 0 Å². The van der Waals surface area contributed by atoms with Crippen molar-refractivity contribution in [2.75, 3.05) is 12.3 Å². The van der Waals surface area contributed by atoms with Crippen LogP contribution in [-0.4, -0.2) is 32.5 Å². The highest BCUT2D eigenvalue weighted by Crippen LogP contribution is 2.19. The van der Waals surface area contributed by atoms with Crippen LogP contribution < -0.4 is 15.8 Å². The van der Waals surface area contributed by atoms with Gasteiger partial charge in [0.1, 0.15) is 12.4 Å². The number of hydrogen-bond donors (Lipinski definition) is 2. The molecule has 7 nitrogen and oxygen atoms in total. The first-order valence-corrected chi connectivity index (χ1v) is 12.3. The van der Waals surface area contributed by atoms with Gasteiger partial charge in [-0.15, -0.1) is 0 Å². The van der Waals surface area contributed by atoms with Crippen molar-refractivity contribution in [1.82, 2.24) is 5.32 Å². The third-order valence-corrected chi connectivity index (χ3v) is 6.57. The van der Waals surface area contributed by atoms with Crippen LogP contribution in [0, 0.1) is 0 Å².